The van der Waals surface area contributed by atoms with Gasteiger partial charge in [-0.1, -0.05) is 13.8 Å². The Labute approximate surface area is 163 Å². The molecule has 0 aliphatic heterocycles. The highest BCUT2D eigenvalue weighted by molar-refractivity contribution is 7.93. The Morgan fingerprint density at radius 1 is 1.41 bits per heavy atom. The van der Waals surface area contributed by atoms with Crippen molar-refractivity contribution in [1.29, 1.82) is 0 Å². The van der Waals surface area contributed by atoms with E-state index in [1.807, 2.05) is 12.3 Å². The van der Waals surface area contributed by atoms with E-state index in [1.54, 1.807) is 6.07 Å². The van der Waals surface area contributed by atoms with Crippen LogP contribution in [0.2, 0.25) is 0 Å². The van der Waals surface area contributed by atoms with Crippen LogP contribution < -0.4 is 10.5 Å². The summed E-state index contributed by atoms with van der Waals surface area (Å²) in [5, 5.41) is 10.7. The number of rotatable bonds is 3. The van der Waals surface area contributed by atoms with Crippen molar-refractivity contribution < 1.29 is 9.00 Å². The summed E-state index contributed by atoms with van der Waals surface area (Å²) >= 11 is 1.29. The quantitative estimate of drug-likeness (QED) is 0.803. The van der Waals surface area contributed by atoms with Crippen molar-refractivity contribution in [3.8, 4) is 0 Å². The Kier molecular flexibility index (Phi) is 4.82. The molecule has 0 unspecified atom stereocenters. The van der Waals surface area contributed by atoms with Crippen molar-refractivity contribution in [2.75, 3.05) is 5.32 Å². The van der Waals surface area contributed by atoms with Gasteiger partial charge in [-0.2, -0.15) is 0 Å². The SMILES string of the molecule is CCc1csc([S@@](N)(=O)=NC(=O)Nc2c3c(nc4c2CC[C@H]4C)CCC3)c1. The molecule has 2 aromatic rings. The molecule has 2 aliphatic rings. The van der Waals surface area contributed by atoms with Crippen molar-refractivity contribution in [3.63, 3.8) is 0 Å². The maximum atomic E-state index is 12.8. The number of nitrogens with one attached hydrogen (secondary N) is 1. The number of carbonyl (C=O) groups excluding carboxylic acids is 1. The van der Waals surface area contributed by atoms with Crippen molar-refractivity contribution >= 4 is 33.0 Å². The summed E-state index contributed by atoms with van der Waals surface area (Å²) in [6.07, 6.45) is 5.65. The molecule has 6 nitrogen and oxygen atoms in total. The summed E-state index contributed by atoms with van der Waals surface area (Å²) in [5.74, 6) is 0.399. The van der Waals surface area contributed by atoms with Crippen molar-refractivity contribution in [1.82, 2.24) is 4.98 Å². The smallest absolute Gasteiger partial charge is 0.305 e. The van der Waals surface area contributed by atoms with E-state index in [2.05, 4.69) is 16.6 Å². The Bertz CT molecular complexity index is 1030. The average molecular weight is 405 g/mol. The largest absolute Gasteiger partial charge is 0.354 e. The van der Waals surface area contributed by atoms with Gasteiger partial charge in [0.25, 0.3) is 0 Å². The van der Waals surface area contributed by atoms with Gasteiger partial charge in [-0.25, -0.2) is 14.1 Å². The zero-order valence-electron chi connectivity index (χ0n) is 15.6. The lowest BCUT2D eigenvalue weighted by molar-refractivity contribution is 0.260. The minimum atomic E-state index is -3.24. The Morgan fingerprint density at radius 3 is 2.96 bits per heavy atom. The van der Waals surface area contributed by atoms with Crippen LogP contribution in [-0.2, 0) is 35.6 Å². The summed E-state index contributed by atoms with van der Waals surface area (Å²) < 4.78 is 17.1. The van der Waals surface area contributed by atoms with Gasteiger partial charge in [-0.3, -0.25) is 4.98 Å². The van der Waals surface area contributed by atoms with E-state index >= 15 is 0 Å². The van der Waals surface area contributed by atoms with Crippen LogP contribution in [0, 0.1) is 0 Å². The summed E-state index contributed by atoms with van der Waals surface area (Å²) in [4.78, 5) is 17.5. The van der Waals surface area contributed by atoms with Crippen LogP contribution in [0.25, 0.3) is 0 Å². The molecule has 144 valence electrons. The number of thiophene rings is 1. The lowest BCUT2D eigenvalue weighted by atomic mass is 10.0. The van der Waals surface area contributed by atoms with Crippen molar-refractivity contribution in [2.24, 2.45) is 9.50 Å². The highest BCUT2D eigenvalue weighted by Crippen LogP contribution is 2.41. The van der Waals surface area contributed by atoms with Crippen molar-refractivity contribution in [3.05, 3.63) is 39.5 Å². The number of amides is 2. The lowest BCUT2D eigenvalue weighted by Crippen LogP contribution is -2.18. The number of hydrogen-bond donors (Lipinski definition) is 2. The van der Waals surface area contributed by atoms with E-state index in [1.165, 1.54) is 11.3 Å². The highest BCUT2D eigenvalue weighted by Gasteiger charge is 2.30. The average Bonchev–Trinajstić information content (AvgIpc) is 3.34. The van der Waals surface area contributed by atoms with Crippen LogP contribution in [-0.4, -0.2) is 15.2 Å². The maximum absolute atomic E-state index is 12.8. The molecule has 2 aliphatic carbocycles. The number of aryl methyl sites for hydroxylation is 2. The van der Waals surface area contributed by atoms with Crippen LogP contribution in [0.3, 0.4) is 0 Å². The molecule has 0 spiro atoms. The fourth-order valence-corrected chi connectivity index (χ4v) is 6.17. The first-order valence-electron chi connectivity index (χ1n) is 9.37. The molecule has 0 bridgehead atoms. The van der Waals surface area contributed by atoms with Gasteiger partial charge >= 0.3 is 6.03 Å². The second-order valence-electron chi connectivity index (χ2n) is 7.29. The molecule has 2 atom stereocenters. The molecule has 0 fully saturated rings. The molecule has 0 radical (unpaired) electrons. The minimum Gasteiger partial charge on any atom is -0.305 e. The number of hydrogen-bond acceptors (Lipinski definition) is 4. The first-order chi connectivity index (χ1) is 12.9. The molecule has 0 saturated heterocycles. The summed E-state index contributed by atoms with van der Waals surface area (Å²) in [6.45, 7) is 4.19. The molecule has 0 saturated carbocycles. The van der Waals surface area contributed by atoms with Gasteiger partial charge in [0.05, 0.1) is 5.69 Å². The number of pyridine rings is 1. The van der Waals surface area contributed by atoms with Crippen LogP contribution in [0.4, 0.5) is 10.5 Å². The third-order valence-corrected chi connectivity index (χ3v) is 8.33. The maximum Gasteiger partial charge on any atom is 0.354 e. The van der Waals surface area contributed by atoms with E-state index < -0.39 is 15.9 Å². The lowest BCUT2D eigenvalue weighted by Gasteiger charge is -2.15. The van der Waals surface area contributed by atoms with Crippen LogP contribution >= 0.6 is 11.3 Å². The number of fused-ring (bicyclic) bond motifs is 2. The summed E-state index contributed by atoms with van der Waals surface area (Å²) in [6, 6.07) is 1.13. The number of urea groups is 1. The molecule has 8 heteroatoms. The summed E-state index contributed by atoms with van der Waals surface area (Å²) in [7, 11) is -3.24. The zero-order valence-corrected chi connectivity index (χ0v) is 17.2. The number of carbonyl (C=O) groups is 1. The minimum absolute atomic E-state index is 0.399. The Balaban J connectivity index is 1.68. The Hall–Kier alpha value is -1.77. The topological polar surface area (TPSA) is 97.4 Å². The molecular weight excluding hydrogens is 380 g/mol. The van der Waals surface area contributed by atoms with Gasteiger partial charge in [0.15, 0.2) is 9.92 Å². The zero-order chi connectivity index (χ0) is 19.2. The molecule has 27 heavy (non-hydrogen) atoms. The normalized spacial score (nSPS) is 20.0. The molecule has 2 amide bonds. The predicted octanol–water partition coefficient (Wildman–Crippen LogP) is 4.18. The fourth-order valence-electron chi connectivity index (χ4n) is 3.94. The Morgan fingerprint density at radius 2 is 2.22 bits per heavy atom. The first-order valence-corrected chi connectivity index (χ1v) is 11.8. The van der Waals surface area contributed by atoms with E-state index in [-0.39, 0.29) is 0 Å². The van der Waals surface area contributed by atoms with Gasteiger partial charge in [0.2, 0.25) is 0 Å². The van der Waals surface area contributed by atoms with Gasteiger partial charge in [-0.15, -0.1) is 15.7 Å². The van der Waals surface area contributed by atoms with Crippen LogP contribution in [0.1, 0.15) is 60.7 Å². The second-order valence-corrected chi connectivity index (χ2v) is 10.2. The standard InChI is InChI=1S/C19H24N4O2S2/c1-3-12-9-16(26-10-12)27(20,25)23-19(24)22-18-13-5-4-6-15(13)21-17-11(2)7-8-14(17)18/h9-11H,3-8H2,1-2H3,(H3,20,21,22,23,24,25)/t11-,27+/m1/s1. The molecule has 4 rings (SSSR count). The first kappa shape index (κ1) is 18.6. The summed E-state index contributed by atoms with van der Waals surface area (Å²) in [5.41, 5.74) is 6.27. The molecule has 0 aromatic carbocycles. The van der Waals surface area contributed by atoms with Crippen LogP contribution in [0.5, 0.6) is 0 Å². The van der Waals surface area contributed by atoms with Gasteiger partial charge in [-0.05, 0) is 72.6 Å². The molecule has 2 aromatic heterocycles. The van der Waals surface area contributed by atoms with Gasteiger partial charge < -0.3 is 5.32 Å². The van der Waals surface area contributed by atoms with Crippen LogP contribution in [0.15, 0.2) is 20.0 Å². The molecule has 2 heterocycles. The van der Waals surface area contributed by atoms with E-state index in [0.29, 0.717) is 10.1 Å². The molecule has 3 N–H and O–H groups in total. The third-order valence-electron chi connectivity index (χ3n) is 5.43. The third kappa shape index (κ3) is 3.41. The number of nitrogens with zero attached hydrogens (tertiary/aromatic N) is 2. The fraction of sp³-hybridized carbons (Fsp3) is 0.474. The second kappa shape index (κ2) is 7.00. The monoisotopic (exact) mass is 404 g/mol. The van der Waals surface area contributed by atoms with E-state index in [9.17, 15) is 9.00 Å². The number of aromatic nitrogens is 1. The molecular formula is C19H24N4O2S2. The van der Waals surface area contributed by atoms with E-state index in [4.69, 9.17) is 10.1 Å². The van der Waals surface area contributed by atoms with E-state index in [0.717, 1.165) is 72.3 Å². The van der Waals surface area contributed by atoms with Gasteiger partial charge in [0, 0.05) is 11.4 Å². The number of nitrogens with two attached hydrogens (primary N) is 1. The highest BCUT2D eigenvalue weighted by atomic mass is 32.2. The predicted molar refractivity (Wildman–Crippen MR) is 109 cm³/mol. The van der Waals surface area contributed by atoms with Crippen molar-refractivity contribution in [2.45, 2.75) is 62.5 Å². The number of anilines is 1. The van der Waals surface area contributed by atoms with Gasteiger partial charge in [0.1, 0.15) is 4.21 Å².